The average molecular weight is 525 g/mol. The van der Waals surface area contributed by atoms with Gasteiger partial charge in [0.05, 0.1) is 24.2 Å². The number of hydrogen-bond donors (Lipinski definition) is 2. The topological polar surface area (TPSA) is 83.6 Å². The predicted molar refractivity (Wildman–Crippen MR) is 151 cm³/mol. The largest absolute Gasteiger partial charge is 0.495 e. The Kier molecular flexibility index (Phi) is 6.78. The van der Waals surface area contributed by atoms with Crippen LogP contribution in [0.2, 0.25) is 0 Å². The summed E-state index contributed by atoms with van der Waals surface area (Å²) in [6.45, 7) is 6.55. The Labute approximate surface area is 226 Å². The number of halogens is 1. The van der Waals surface area contributed by atoms with Crippen molar-refractivity contribution in [3.8, 4) is 16.9 Å². The third-order valence-electron chi connectivity index (χ3n) is 6.76. The Bertz CT molecular complexity index is 1570. The first kappa shape index (κ1) is 25.9. The molecule has 3 amide bonds. The van der Waals surface area contributed by atoms with Crippen molar-refractivity contribution in [3.05, 3.63) is 102 Å². The van der Waals surface area contributed by atoms with E-state index in [1.165, 1.54) is 18.2 Å². The van der Waals surface area contributed by atoms with E-state index in [0.717, 1.165) is 28.1 Å². The lowest BCUT2D eigenvalue weighted by molar-refractivity contribution is 0.102. The molecule has 3 aromatic carbocycles. The maximum Gasteiger partial charge on any atom is 0.326 e. The molecule has 0 atom stereocenters. The van der Waals surface area contributed by atoms with Crippen LogP contribution in [0, 0.1) is 12.7 Å². The first-order valence-corrected chi connectivity index (χ1v) is 12.6. The van der Waals surface area contributed by atoms with E-state index in [4.69, 9.17) is 9.72 Å². The number of aromatic nitrogens is 1. The fraction of sp³-hybridized carbons (Fsp3) is 0.194. The summed E-state index contributed by atoms with van der Waals surface area (Å²) in [6.07, 6.45) is 1.79. The van der Waals surface area contributed by atoms with Crippen molar-refractivity contribution in [1.29, 1.82) is 0 Å². The molecule has 1 aliphatic rings. The van der Waals surface area contributed by atoms with Gasteiger partial charge in [-0.1, -0.05) is 38.1 Å². The SMILES string of the molecule is COc1ccc(C)cc1NC(=O)N1CC(C)(C)c2ncc(-c3ccc(C(=O)Nc4cccc(F)c4)cc3)cc21. The van der Waals surface area contributed by atoms with Gasteiger partial charge in [0.25, 0.3) is 5.91 Å². The average Bonchev–Trinajstić information content (AvgIpc) is 3.19. The molecule has 0 saturated heterocycles. The molecule has 8 heteroatoms. The molecule has 4 aromatic rings. The third kappa shape index (κ3) is 5.31. The molecule has 0 unspecified atom stereocenters. The van der Waals surface area contributed by atoms with Crippen LogP contribution in [0.1, 0.15) is 35.5 Å². The highest BCUT2D eigenvalue weighted by Gasteiger charge is 2.40. The lowest BCUT2D eigenvalue weighted by atomic mass is 9.91. The summed E-state index contributed by atoms with van der Waals surface area (Å²) < 4.78 is 18.9. The maximum absolute atomic E-state index is 13.4. The zero-order valence-electron chi connectivity index (χ0n) is 22.2. The van der Waals surface area contributed by atoms with Crippen LogP contribution in [-0.2, 0) is 5.41 Å². The van der Waals surface area contributed by atoms with E-state index in [2.05, 4.69) is 24.5 Å². The number of carbonyl (C=O) groups excluding carboxylic acids is 2. The van der Waals surface area contributed by atoms with E-state index in [-0.39, 0.29) is 17.4 Å². The number of ether oxygens (including phenoxy) is 1. The molecule has 0 fully saturated rings. The first-order valence-electron chi connectivity index (χ1n) is 12.6. The molecule has 39 heavy (non-hydrogen) atoms. The number of hydrogen-bond acceptors (Lipinski definition) is 4. The Morgan fingerprint density at radius 3 is 2.46 bits per heavy atom. The molecule has 2 heterocycles. The molecule has 1 aromatic heterocycles. The number of pyridine rings is 1. The molecular formula is C31H29FN4O3. The summed E-state index contributed by atoms with van der Waals surface area (Å²) in [5.74, 6) is -0.174. The zero-order valence-corrected chi connectivity index (χ0v) is 22.2. The number of carbonyl (C=O) groups is 2. The van der Waals surface area contributed by atoms with Gasteiger partial charge in [-0.3, -0.25) is 14.7 Å². The van der Waals surface area contributed by atoms with Crippen LogP contribution in [0.15, 0.2) is 79.0 Å². The van der Waals surface area contributed by atoms with Crippen LogP contribution in [0.25, 0.3) is 11.1 Å². The number of nitrogens with one attached hydrogen (secondary N) is 2. The lowest BCUT2D eigenvalue weighted by Gasteiger charge is -2.21. The Morgan fingerprint density at radius 1 is 0.974 bits per heavy atom. The van der Waals surface area contributed by atoms with Crippen molar-refractivity contribution in [3.63, 3.8) is 0 Å². The summed E-state index contributed by atoms with van der Waals surface area (Å²) in [7, 11) is 1.57. The van der Waals surface area contributed by atoms with Crippen LogP contribution in [-0.4, -0.2) is 30.6 Å². The minimum Gasteiger partial charge on any atom is -0.495 e. The van der Waals surface area contributed by atoms with Gasteiger partial charge in [0.15, 0.2) is 0 Å². The van der Waals surface area contributed by atoms with Crippen LogP contribution >= 0.6 is 0 Å². The van der Waals surface area contributed by atoms with Gasteiger partial charge in [0.1, 0.15) is 11.6 Å². The minimum absolute atomic E-state index is 0.269. The van der Waals surface area contributed by atoms with Gasteiger partial charge >= 0.3 is 6.03 Å². The molecule has 1 aliphatic heterocycles. The number of urea groups is 1. The molecule has 0 aliphatic carbocycles. The lowest BCUT2D eigenvalue weighted by Crippen LogP contribution is -2.37. The summed E-state index contributed by atoms with van der Waals surface area (Å²) in [5.41, 5.74) is 5.32. The van der Waals surface area contributed by atoms with Crippen LogP contribution in [0.5, 0.6) is 5.75 Å². The smallest absolute Gasteiger partial charge is 0.326 e. The van der Waals surface area contributed by atoms with Gasteiger partial charge in [-0.2, -0.15) is 0 Å². The van der Waals surface area contributed by atoms with Gasteiger partial charge in [-0.15, -0.1) is 0 Å². The second kappa shape index (κ2) is 10.2. The number of benzene rings is 3. The van der Waals surface area contributed by atoms with Crippen LogP contribution in [0.4, 0.5) is 26.2 Å². The highest BCUT2D eigenvalue weighted by Crippen LogP contribution is 2.41. The molecule has 198 valence electrons. The minimum atomic E-state index is -0.420. The number of methoxy groups -OCH3 is 1. The van der Waals surface area contributed by atoms with Crippen molar-refractivity contribution < 1.29 is 18.7 Å². The summed E-state index contributed by atoms with van der Waals surface area (Å²) in [6, 6.07) is 20.1. The van der Waals surface area contributed by atoms with E-state index < -0.39 is 5.82 Å². The fourth-order valence-electron chi connectivity index (χ4n) is 4.76. The first-order chi connectivity index (χ1) is 18.6. The molecule has 0 spiro atoms. The van der Waals surface area contributed by atoms with Crippen molar-refractivity contribution in [2.24, 2.45) is 0 Å². The third-order valence-corrected chi connectivity index (χ3v) is 6.76. The van der Waals surface area contributed by atoms with E-state index >= 15 is 0 Å². The molecule has 0 radical (unpaired) electrons. The van der Waals surface area contributed by atoms with Gasteiger partial charge in [0.2, 0.25) is 0 Å². The number of nitrogens with zero attached hydrogens (tertiary/aromatic N) is 2. The molecule has 0 saturated carbocycles. The van der Waals surface area contributed by atoms with E-state index in [1.807, 2.05) is 43.3 Å². The van der Waals surface area contributed by atoms with Gasteiger partial charge < -0.3 is 15.4 Å². The van der Waals surface area contributed by atoms with Gasteiger partial charge in [-0.25, -0.2) is 9.18 Å². The number of anilines is 3. The summed E-state index contributed by atoms with van der Waals surface area (Å²) >= 11 is 0. The Morgan fingerprint density at radius 2 is 1.74 bits per heavy atom. The maximum atomic E-state index is 13.4. The summed E-state index contributed by atoms with van der Waals surface area (Å²) in [4.78, 5) is 32.5. The number of rotatable bonds is 5. The highest BCUT2D eigenvalue weighted by atomic mass is 19.1. The van der Waals surface area contributed by atoms with Crippen molar-refractivity contribution in [2.75, 3.05) is 29.2 Å². The second-order valence-electron chi connectivity index (χ2n) is 10.2. The predicted octanol–water partition coefficient (Wildman–Crippen LogP) is 6.79. The molecular weight excluding hydrogens is 495 g/mol. The standard InChI is InChI=1S/C31H29FN4O3/c1-19-8-13-27(39-4)25(14-19)35-30(38)36-18-31(2,3)28-26(36)15-22(17-33-28)20-9-11-21(12-10-20)29(37)34-24-7-5-6-23(32)16-24/h5-17H,18H2,1-4H3,(H,34,37)(H,35,38). The second-order valence-corrected chi connectivity index (χ2v) is 10.2. The molecule has 0 bridgehead atoms. The Hall–Kier alpha value is -4.72. The zero-order chi connectivity index (χ0) is 27.7. The van der Waals surface area contributed by atoms with Gasteiger partial charge in [0, 0.05) is 35.0 Å². The summed E-state index contributed by atoms with van der Waals surface area (Å²) in [5, 5.41) is 5.69. The van der Waals surface area contributed by atoms with Crippen LogP contribution < -0.4 is 20.3 Å². The number of amides is 3. The van der Waals surface area contributed by atoms with E-state index in [9.17, 15) is 14.0 Å². The Balaban J connectivity index is 1.39. The molecule has 5 rings (SSSR count). The van der Waals surface area contributed by atoms with Crippen molar-refractivity contribution in [2.45, 2.75) is 26.2 Å². The van der Waals surface area contributed by atoms with Crippen molar-refractivity contribution in [1.82, 2.24) is 4.98 Å². The van der Waals surface area contributed by atoms with Crippen LogP contribution in [0.3, 0.4) is 0 Å². The van der Waals surface area contributed by atoms with E-state index in [1.54, 1.807) is 36.4 Å². The normalized spacial score (nSPS) is 13.5. The quantitative estimate of drug-likeness (QED) is 0.301. The van der Waals surface area contributed by atoms with E-state index in [0.29, 0.717) is 29.2 Å². The molecule has 2 N–H and O–H groups in total. The van der Waals surface area contributed by atoms with Crippen molar-refractivity contribution >= 4 is 29.0 Å². The monoisotopic (exact) mass is 524 g/mol. The molecule has 7 nitrogen and oxygen atoms in total. The van der Waals surface area contributed by atoms with Gasteiger partial charge in [-0.05, 0) is 66.6 Å². The number of aryl methyl sites for hydroxylation is 1. The number of fused-ring (bicyclic) bond motifs is 1. The highest BCUT2D eigenvalue weighted by molar-refractivity contribution is 6.05. The fourth-order valence-corrected chi connectivity index (χ4v) is 4.76.